The SMILES string of the molecule is Cc1cc(C(C)OCC2(CCN)OCc3ccccc32)cc(C(F)(F)F)c1. The van der Waals surface area contributed by atoms with Gasteiger partial charge in [-0.2, -0.15) is 13.2 Å². The van der Waals surface area contributed by atoms with Crippen LogP contribution >= 0.6 is 0 Å². The zero-order chi connectivity index (χ0) is 19.7. The average Bonchev–Trinajstić information content (AvgIpc) is 2.98. The fraction of sp³-hybridized carbons (Fsp3) is 0.429. The van der Waals surface area contributed by atoms with Crippen molar-refractivity contribution >= 4 is 0 Å². The molecule has 0 radical (unpaired) electrons. The van der Waals surface area contributed by atoms with Crippen molar-refractivity contribution in [3.8, 4) is 0 Å². The van der Waals surface area contributed by atoms with E-state index in [1.165, 1.54) is 0 Å². The third kappa shape index (κ3) is 4.18. The van der Waals surface area contributed by atoms with Gasteiger partial charge in [-0.05, 0) is 55.6 Å². The van der Waals surface area contributed by atoms with Gasteiger partial charge in [-0.15, -0.1) is 0 Å². The zero-order valence-corrected chi connectivity index (χ0v) is 15.5. The summed E-state index contributed by atoms with van der Waals surface area (Å²) in [6, 6.07) is 11.9. The smallest absolute Gasteiger partial charge is 0.370 e. The minimum Gasteiger partial charge on any atom is -0.370 e. The number of fused-ring (bicyclic) bond motifs is 1. The van der Waals surface area contributed by atoms with Crippen LogP contribution in [0.25, 0.3) is 0 Å². The number of alkyl halides is 3. The van der Waals surface area contributed by atoms with Crippen molar-refractivity contribution in [2.45, 2.75) is 44.8 Å². The van der Waals surface area contributed by atoms with Crippen LogP contribution in [0.4, 0.5) is 13.2 Å². The molecule has 3 rings (SSSR count). The molecule has 0 saturated heterocycles. The number of nitrogens with two attached hydrogens (primary N) is 1. The van der Waals surface area contributed by atoms with Gasteiger partial charge in [0.05, 0.1) is 24.9 Å². The summed E-state index contributed by atoms with van der Waals surface area (Å²) in [6.45, 7) is 4.55. The maximum absolute atomic E-state index is 13.1. The van der Waals surface area contributed by atoms with Crippen LogP contribution in [-0.4, -0.2) is 13.2 Å². The van der Waals surface area contributed by atoms with Crippen LogP contribution in [0.3, 0.4) is 0 Å². The minimum absolute atomic E-state index is 0.234. The molecule has 0 saturated carbocycles. The standard InChI is InChI=1S/C21H24F3NO2/c1-14-9-17(11-18(10-14)21(22,23)24)15(2)26-13-20(7-8-25)19-6-4-3-5-16(19)12-27-20/h3-6,9-11,15H,7-8,12-13,25H2,1-2H3. The summed E-state index contributed by atoms with van der Waals surface area (Å²) in [6.07, 6.45) is -4.30. The Hall–Kier alpha value is -1.89. The summed E-state index contributed by atoms with van der Waals surface area (Å²) >= 11 is 0. The Labute approximate surface area is 157 Å². The number of halogens is 3. The second-order valence-corrected chi connectivity index (χ2v) is 7.06. The Morgan fingerprint density at radius 3 is 2.67 bits per heavy atom. The summed E-state index contributed by atoms with van der Waals surface area (Å²) in [5.41, 5.74) is 7.66. The van der Waals surface area contributed by atoms with E-state index in [1.807, 2.05) is 24.3 Å². The molecule has 2 N–H and O–H groups in total. The lowest BCUT2D eigenvalue weighted by molar-refractivity contribution is -0.138. The van der Waals surface area contributed by atoms with E-state index in [2.05, 4.69) is 0 Å². The molecule has 0 aliphatic carbocycles. The van der Waals surface area contributed by atoms with Gasteiger partial charge < -0.3 is 15.2 Å². The predicted octanol–water partition coefficient (Wildman–Crippen LogP) is 4.87. The van der Waals surface area contributed by atoms with Gasteiger partial charge in [-0.1, -0.05) is 35.9 Å². The first-order valence-corrected chi connectivity index (χ1v) is 8.98. The average molecular weight is 379 g/mol. The lowest BCUT2D eigenvalue weighted by Gasteiger charge is -2.31. The number of rotatable bonds is 6. The molecular weight excluding hydrogens is 355 g/mol. The molecule has 0 fully saturated rings. The molecule has 0 amide bonds. The second-order valence-electron chi connectivity index (χ2n) is 7.06. The number of benzene rings is 2. The molecule has 0 aromatic heterocycles. The van der Waals surface area contributed by atoms with E-state index in [0.717, 1.165) is 23.3 Å². The molecule has 3 nitrogen and oxygen atoms in total. The van der Waals surface area contributed by atoms with Crippen molar-refractivity contribution in [3.05, 3.63) is 70.3 Å². The monoisotopic (exact) mass is 379 g/mol. The number of hydrogen-bond donors (Lipinski definition) is 1. The lowest BCUT2D eigenvalue weighted by atomic mass is 9.90. The van der Waals surface area contributed by atoms with Crippen molar-refractivity contribution in [1.82, 2.24) is 0 Å². The summed E-state index contributed by atoms with van der Waals surface area (Å²) < 4.78 is 51.3. The highest BCUT2D eigenvalue weighted by molar-refractivity contribution is 5.36. The van der Waals surface area contributed by atoms with Gasteiger partial charge in [0.15, 0.2) is 0 Å². The zero-order valence-electron chi connectivity index (χ0n) is 15.5. The molecule has 146 valence electrons. The normalized spacial score (nSPS) is 20.5. The minimum atomic E-state index is -4.38. The van der Waals surface area contributed by atoms with E-state index >= 15 is 0 Å². The van der Waals surface area contributed by atoms with Crippen LogP contribution in [0.1, 0.15) is 47.3 Å². The molecule has 1 aliphatic rings. The Bertz CT molecular complexity index is 802. The van der Waals surface area contributed by atoms with Crippen LogP contribution in [0, 0.1) is 6.92 Å². The van der Waals surface area contributed by atoms with E-state index in [1.54, 1.807) is 19.9 Å². The third-order valence-corrected chi connectivity index (χ3v) is 5.02. The van der Waals surface area contributed by atoms with Crippen LogP contribution in [0.2, 0.25) is 0 Å². The van der Waals surface area contributed by atoms with Crippen molar-refractivity contribution < 1.29 is 22.6 Å². The highest BCUT2D eigenvalue weighted by Gasteiger charge is 2.40. The molecule has 1 aliphatic heterocycles. The van der Waals surface area contributed by atoms with E-state index in [9.17, 15) is 13.2 Å². The molecule has 2 aromatic carbocycles. The number of hydrogen-bond acceptors (Lipinski definition) is 3. The molecule has 2 atom stereocenters. The fourth-order valence-electron chi connectivity index (χ4n) is 3.58. The summed E-state index contributed by atoms with van der Waals surface area (Å²) in [4.78, 5) is 0. The Morgan fingerprint density at radius 1 is 1.22 bits per heavy atom. The van der Waals surface area contributed by atoms with E-state index in [4.69, 9.17) is 15.2 Å². The van der Waals surface area contributed by atoms with Gasteiger partial charge in [-0.25, -0.2) is 0 Å². The topological polar surface area (TPSA) is 44.5 Å². The molecule has 1 heterocycles. The molecule has 2 aromatic rings. The van der Waals surface area contributed by atoms with Crippen molar-refractivity contribution in [1.29, 1.82) is 0 Å². The van der Waals surface area contributed by atoms with E-state index in [-0.39, 0.29) is 6.61 Å². The van der Waals surface area contributed by atoms with Crippen molar-refractivity contribution in [3.63, 3.8) is 0 Å². The van der Waals surface area contributed by atoms with Crippen molar-refractivity contribution in [2.75, 3.05) is 13.2 Å². The molecule has 6 heteroatoms. The quantitative estimate of drug-likeness (QED) is 0.779. The largest absolute Gasteiger partial charge is 0.416 e. The third-order valence-electron chi connectivity index (χ3n) is 5.02. The van der Waals surface area contributed by atoms with E-state index in [0.29, 0.717) is 30.7 Å². The first-order valence-electron chi connectivity index (χ1n) is 8.98. The molecular formula is C21H24F3NO2. The Kier molecular flexibility index (Phi) is 5.60. The van der Waals surface area contributed by atoms with E-state index < -0.39 is 23.4 Å². The first kappa shape index (κ1) is 19.9. The highest BCUT2D eigenvalue weighted by Crippen LogP contribution is 2.40. The van der Waals surface area contributed by atoms with Crippen LogP contribution < -0.4 is 5.73 Å². The van der Waals surface area contributed by atoms with Crippen LogP contribution in [-0.2, 0) is 27.9 Å². The maximum atomic E-state index is 13.1. The van der Waals surface area contributed by atoms with Crippen LogP contribution in [0.5, 0.6) is 0 Å². The highest BCUT2D eigenvalue weighted by atomic mass is 19.4. The van der Waals surface area contributed by atoms with Gasteiger partial charge in [0.1, 0.15) is 5.60 Å². The van der Waals surface area contributed by atoms with Gasteiger partial charge in [0.25, 0.3) is 0 Å². The van der Waals surface area contributed by atoms with Gasteiger partial charge in [-0.3, -0.25) is 0 Å². The Morgan fingerprint density at radius 2 is 1.96 bits per heavy atom. The predicted molar refractivity (Wildman–Crippen MR) is 97.1 cm³/mol. The van der Waals surface area contributed by atoms with Gasteiger partial charge in [0.2, 0.25) is 0 Å². The Balaban J connectivity index is 1.80. The fourth-order valence-corrected chi connectivity index (χ4v) is 3.58. The van der Waals surface area contributed by atoms with Crippen molar-refractivity contribution in [2.24, 2.45) is 5.73 Å². The summed E-state index contributed by atoms with van der Waals surface area (Å²) in [5, 5.41) is 0. The lowest BCUT2D eigenvalue weighted by Crippen LogP contribution is -2.34. The molecule has 0 spiro atoms. The van der Waals surface area contributed by atoms with Gasteiger partial charge in [0, 0.05) is 0 Å². The van der Waals surface area contributed by atoms with Gasteiger partial charge >= 0.3 is 6.18 Å². The van der Waals surface area contributed by atoms with Crippen LogP contribution in [0.15, 0.2) is 42.5 Å². The number of aryl methyl sites for hydroxylation is 1. The second kappa shape index (κ2) is 7.62. The summed E-state index contributed by atoms with van der Waals surface area (Å²) in [7, 11) is 0. The molecule has 2 unspecified atom stereocenters. The molecule has 27 heavy (non-hydrogen) atoms. The maximum Gasteiger partial charge on any atom is 0.416 e. The number of ether oxygens (including phenoxy) is 2. The first-order chi connectivity index (χ1) is 12.7. The molecule has 0 bridgehead atoms. The summed E-state index contributed by atoms with van der Waals surface area (Å²) in [5.74, 6) is 0.